The van der Waals surface area contributed by atoms with Crippen LogP contribution in [0.1, 0.15) is 18.5 Å². The number of rotatable bonds is 4. The number of benzene rings is 1. The topological polar surface area (TPSA) is 119 Å². The molecule has 31 heavy (non-hydrogen) atoms. The summed E-state index contributed by atoms with van der Waals surface area (Å²) < 4.78 is 4.26. The van der Waals surface area contributed by atoms with E-state index in [1.165, 1.54) is 9.13 Å². The molecule has 1 aliphatic rings. The van der Waals surface area contributed by atoms with Crippen LogP contribution in [0.5, 0.6) is 0 Å². The van der Waals surface area contributed by atoms with Crippen LogP contribution >= 0.6 is 0 Å². The number of piperidine rings is 1. The average Bonchev–Trinajstić information content (AvgIpc) is 3.30. The zero-order chi connectivity index (χ0) is 21.7. The molecular formula is C21H23N7O3. The van der Waals surface area contributed by atoms with Gasteiger partial charge in [0.2, 0.25) is 11.9 Å². The van der Waals surface area contributed by atoms with Crippen molar-refractivity contribution >= 4 is 33.9 Å². The van der Waals surface area contributed by atoms with E-state index in [0.29, 0.717) is 30.1 Å². The zero-order valence-electron chi connectivity index (χ0n) is 17.3. The summed E-state index contributed by atoms with van der Waals surface area (Å²) in [6, 6.07) is 9.67. The van der Waals surface area contributed by atoms with Crippen molar-refractivity contribution in [1.82, 2.24) is 29.0 Å². The molecule has 10 nitrogen and oxygen atoms in total. The van der Waals surface area contributed by atoms with Crippen molar-refractivity contribution in [2.45, 2.75) is 25.4 Å². The lowest BCUT2D eigenvalue weighted by molar-refractivity contribution is -0.122. The van der Waals surface area contributed by atoms with Crippen LogP contribution in [0.2, 0.25) is 0 Å². The van der Waals surface area contributed by atoms with Crippen LogP contribution in [-0.2, 0) is 25.4 Å². The first kappa shape index (κ1) is 19.2. The molecule has 4 heterocycles. The fraction of sp³-hybridized carbons (Fsp3) is 0.333. The van der Waals surface area contributed by atoms with Crippen LogP contribution in [0.25, 0.3) is 22.1 Å². The Bertz CT molecular complexity index is 1410. The van der Waals surface area contributed by atoms with Gasteiger partial charge in [0, 0.05) is 44.3 Å². The summed E-state index contributed by atoms with van der Waals surface area (Å²) in [7, 11) is 3.34. The largest absolute Gasteiger partial charge is 0.357 e. The molecule has 1 fully saturated rings. The van der Waals surface area contributed by atoms with E-state index in [0.717, 1.165) is 23.0 Å². The number of hydrogen-bond donors (Lipinski definition) is 3. The number of carbonyl (C=O) groups is 1. The van der Waals surface area contributed by atoms with Crippen LogP contribution in [0.15, 0.2) is 39.9 Å². The smallest absolute Gasteiger partial charge is 0.332 e. The summed E-state index contributed by atoms with van der Waals surface area (Å²) >= 11 is 0. The number of aromatic amines is 1. The maximum absolute atomic E-state index is 13.3. The highest BCUT2D eigenvalue weighted by molar-refractivity contribution is 5.80. The molecule has 1 aliphatic heterocycles. The van der Waals surface area contributed by atoms with Crippen molar-refractivity contribution in [2.24, 2.45) is 14.1 Å². The first-order valence-corrected chi connectivity index (χ1v) is 10.2. The summed E-state index contributed by atoms with van der Waals surface area (Å²) in [4.78, 5) is 45.7. The van der Waals surface area contributed by atoms with Gasteiger partial charge in [-0.25, -0.2) is 4.79 Å². The number of fused-ring (bicyclic) bond motifs is 2. The highest BCUT2D eigenvalue weighted by atomic mass is 16.2. The summed E-state index contributed by atoms with van der Waals surface area (Å²) in [6.45, 7) is 0.725. The number of carbonyl (C=O) groups excluding carboxylic acids is 1. The minimum atomic E-state index is -0.433. The second-order valence-electron chi connectivity index (χ2n) is 7.97. The van der Waals surface area contributed by atoms with Crippen LogP contribution in [0, 0.1) is 0 Å². The Labute approximate surface area is 176 Å². The number of hydrogen-bond acceptors (Lipinski definition) is 5. The van der Waals surface area contributed by atoms with Crippen molar-refractivity contribution in [3.8, 4) is 0 Å². The van der Waals surface area contributed by atoms with Crippen LogP contribution in [0.4, 0.5) is 5.95 Å². The number of aryl methyl sites for hydroxylation is 2. The van der Waals surface area contributed by atoms with Gasteiger partial charge < -0.3 is 20.2 Å². The van der Waals surface area contributed by atoms with E-state index in [1.54, 1.807) is 18.7 Å². The Morgan fingerprint density at radius 3 is 2.74 bits per heavy atom. The van der Waals surface area contributed by atoms with Crippen molar-refractivity contribution in [3.63, 3.8) is 0 Å². The Morgan fingerprint density at radius 2 is 1.97 bits per heavy atom. The van der Waals surface area contributed by atoms with E-state index in [2.05, 4.69) is 20.6 Å². The Balaban J connectivity index is 1.57. The van der Waals surface area contributed by atoms with Gasteiger partial charge in [-0.1, -0.05) is 18.2 Å². The molecule has 3 aromatic heterocycles. The van der Waals surface area contributed by atoms with Crippen LogP contribution < -0.4 is 21.9 Å². The summed E-state index contributed by atoms with van der Waals surface area (Å²) in [5, 5.41) is 7.07. The third-order valence-electron chi connectivity index (χ3n) is 5.85. The van der Waals surface area contributed by atoms with Crippen molar-refractivity contribution in [1.29, 1.82) is 0 Å². The lowest BCUT2D eigenvalue weighted by Crippen LogP contribution is -2.40. The van der Waals surface area contributed by atoms with Crippen molar-refractivity contribution in [3.05, 3.63) is 56.9 Å². The first-order chi connectivity index (χ1) is 14.9. The molecule has 0 aliphatic carbocycles. The lowest BCUT2D eigenvalue weighted by Gasteiger charge is -2.23. The van der Waals surface area contributed by atoms with Gasteiger partial charge in [0.15, 0.2) is 11.2 Å². The molecule has 0 saturated carbocycles. The van der Waals surface area contributed by atoms with E-state index in [4.69, 9.17) is 0 Å². The number of H-pyrrole nitrogens is 1. The lowest BCUT2D eigenvalue weighted by atomic mass is 10.1. The molecule has 5 rings (SSSR count). The molecule has 0 radical (unpaired) electrons. The number of nitrogens with one attached hydrogen (secondary N) is 3. The molecular weight excluding hydrogens is 398 g/mol. The van der Waals surface area contributed by atoms with Crippen LogP contribution in [-0.4, -0.2) is 42.2 Å². The standard InChI is InChI=1S/C21H23N7O3/c1-26-17-18(25-20(26)24-13-7-8-22-16(29)10-13)27(2)21(31)28(19(17)30)11-14-9-12-5-3-4-6-15(12)23-14/h3-6,9,13,23H,7-8,10-11H2,1-2H3,(H,22,29)(H,24,25). The average molecular weight is 421 g/mol. The predicted molar refractivity (Wildman–Crippen MR) is 117 cm³/mol. The quantitative estimate of drug-likeness (QED) is 0.447. The predicted octanol–water partition coefficient (Wildman–Crippen LogP) is 0.654. The van der Waals surface area contributed by atoms with Gasteiger partial charge in [-0.05, 0) is 23.9 Å². The SMILES string of the molecule is Cn1c(NC2CCNC(=O)C2)nc2c1c(=O)n(Cc1cc3ccccc3[nH]1)c(=O)n2C. The van der Waals surface area contributed by atoms with E-state index in [9.17, 15) is 14.4 Å². The molecule has 4 aromatic rings. The molecule has 1 unspecified atom stereocenters. The minimum absolute atomic E-state index is 0.0180. The number of para-hydroxylation sites is 1. The maximum atomic E-state index is 13.3. The number of nitrogens with zero attached hydrogens (tertiary/aromatic N) is 4. The van der Waals surface area contributed by atoms with Gasteiger partial charge in [0.1, 0.15) is 0 Å². The summed E-state index contributed by atoms with van der Waals surface area (Å²) in [5.74, 6) is 0.445. The van der Waals surface area contributed by atoms with Crippen molar-refractivity contribution < 1.29 is 4.79 Å². The highest BCUT2D eigenvalue weighted by Crippen LogP contribution is 2.18. The molecule has 1 atom stereocenters. The van der Waals surface area contributed by atoms with Gasteiger partial charge in [-0.15, -0.1) is 0 Å². The second-order valence-corrected chi connectivity index (χ2v) is 7.97. The monoisotopic (exact) mass is 421 g/mol. The van der Waals surface area contributed by atoms with Gasteiger partial charge in [0.05, 0.1) is 6.54 Å². The molecule has 1 aromatic carbocycles. The fourth-order valence-corrected chi connectivity index (χ4v) is 4.19. The van der Waals surface area contributed by atoms with Gasteiger partial charge >= 0.3 is 5.69 Å². The number of imidazole rings is 1. The first-order valence-electron chi connectivity index (χ1n) is 10.2. The van der Waals surface area contributed by atoms with E-state index in [-0.39, 0.29) is 18.5 Å². The molecule has 1 saturated heterocycles. The molecule has 10 heteroatoms. The molecule has 1 amide bonds. The normalized spacial score (nSPS) is 16.7. The molecule has 0 bridgehead atoms. The molecule has 0 spiro atoms. The maximum Gasteiger partial charge on any atom is 0.332 e. The van der Waals surface area contributed by atoms with E-state index < -0.39 is 11.2 Å². The third-order valence-corrected chi connectivity index (χ3v) is 5.85. The minimum Gasteiger partial charge on any atom is -0.357 e. The number of amides is 1. The second kappa shape index (κ2) is 7.15. The number of aromatic nitrogens is 5. The zero-order valence-corrected chi connectivity index (χ0v) is 17.3. The van der Waals surface area contributed by atoms with E-state index >= 15 is 0 Å². The van der Waals surface area contributed by atoms with Gasteiger partial charge in [0.25, 0.3) is 5.56 Å². The summed E-state index contributed by atoms with van der Waals surface area (Å²) in [6.07, 6.45) is 1.10. The third kappa shape index (κ3) is 3.20. The Hall–Kier alpha value is -3.82. The van der Waals surface area contributed by atoms with E-state index in [1.807, 2.05) is 30.3 Å². The molecule has 3 N–H and O–H groups in total. The number of anilines is 1. The fourth-order valence-electron chi connectivity index (χ4n) is 4.19. The van der Waals surface area contributed by atoms with Gasteiger partial charge in [-0.2, -0.15) is 4.98 Å². The van der Waals surface area contributed by atoms with Gasteiger partial charge in [-0.3, -0.25) is 18.7 Å². The summed E-state index contributed by atoms with van der Waals surface area (Å²) in [5.41, 5.74) is 1.54. The molecule has 160 valence electrons. The highest BCUT2D eigenvalue weighted by Gasteiger charge is 2.23. The van der Waals surface area contributed by atoms with Crippen molar-refractivity contribution in [2.75, 3.05) is 11.9 Å². The Morgan fingerprint density at radius 1 is 1.16 bits per heavy atom. The Kier molecular flexibility index (Phi) is 4.42. The van der Waals surface area contributed by atoms with Crippen LogP contribution in [0.3, 0.4) is 0 Å².